The van der Waals surface area contributed by atoms with Gasteiger partial charge in [0.15, 0.2) is 0 Å². The zero-order valence-corrected chi connectivity index (χ0v) is 12.7. The lowest BCUT2D eigenvalue weighted by molar-refractivity contribution is 0.340. The van der Waals surface area contributed by atoms with Crippen LogP contribution >= 0.6 is 11.6 Å². The maximum absolute atomic E-state index is 13.6. The summed E-state index contributed by atoms with van der Waals surface area (Å²) in [6, 6.07) is 9.57. The molecule has 0 radical (unpaired) electrons. The molecule has 0 heterocycles. The van der Waals surface area contributed by atoms with Crippen molar-refractivity contribution in [2.45, 2.75) is 11.8 Å². The number of rotatable bonds is 5. The van der Waals surface area contributed by atoms with Crippen LogP contribution in [-0.4, -0.2) is 15.0 Å². The summed E-state index contributed by atoms with van der Waals surface area (Å²) >= 11 is 5.62. The van der Waals surface area contributed by atoms with Crippen LogP contribution in [0, 0.1) is 5.82 Å². The van der Waals surface area contributed by atoms with Gasteiger partial charge in [0.2, 0.25) is 0 Å². The minimum atomic E-state index is -3.87. The van der Waals surface area contributed by atoms with Crippen molar-refractivity contribution < 1.29 is 17.5 Å². The SMILES string of the molecule is CCOc1ccc(S(=O)(=O)Nc2ccc(Cl)cc2F)cc1. The van der Waals surface area contributed by atoms with E-state index in [0.717, 1.165) is 6.07 Å². The first-order valence-corrected chi connectivity index (χ1v) is 7.99. The lowest BCUT2D eigenvalue weighted by atomic mass is 10.3. The fourth-order valence-corrected chi connectivity index (χ4v) is 2.88. The van der Waals surface area contributed by atoms with Crippen molar-refractivity contribution in [1.29, 1.82) is 0 Å². The molecule has 0 unspecified atom stereocenters. The molecule has 0 aliphatic heterocycles. The molecule has 0 atom stereocenters. The second kappa shape index (κ2) is 6.32. The number of nitrogens with one attached hydrogen (secondary N) is 1. The average molecular weight is 330 g/mol. The highest BCUT2D eigenvalue weighted by Gasteiger charge is 2.16. The quantitative estimate of drug-likeness (QED) is 0.910. The minimum Gasteiger partial charge on any atom is -0.494 e. The molecule has 0 aliphatic carbocycles. The van der Waals surface area contributed by atoms with Crippen molar-refractivity contribution in [3.05, 3.63) is 53.3 Å². The van der Waals surface area contributed by atoms with Crippen molar-refractivity contribution in [2.75, 3.05) is 11.3 Å². The van der Waals surface area contributed by atoms with Crippen molar-refractivity contribution >= 4 is 27.3 Å². The van der Waals surface area contributed by atoms with Gasteiger partial charge in [0.05, 0.1) is 17.2 Å². The van der Waals surface area contributed by atoms with Crippen molar-refractivity contribution in [3.8, 4) is 5.75 Å². The maximum atomic E-state index is 13.6. The molecule has 2 aromatic rings. The van der Waals surface area contributed by atoms with Gasteiger partial charge in [-0.05, 0) is 49.4 Å². The molecule has 0 fully saturated rings. The lowest BCUT2D eigenvalue weighted by Crippen LogP contribution is -2.13. The smallest absolute Gasteiger partial charge is 0.261 e. The zero-order chi connectivity index (χ0) is 15.5. The maximum Gasteiger partial charge on any atom is 0.261 e. The van der Waals surface area contributed by atoms with Gasteiger partial charge < -0.3 is 4.74 Å². The summed E-state index contributed by atoms with van der Waals surface area (Å²) in [7, 11) is -3.87. The van der Waals surface area contributed by atoms with Crippen LogP contribution in [0.5, 0.6) is 5.75 Å². The highest BCUT2D eigenvalue weighted by molar-refractivity contribution is 7.92. The Morgan fingerprint density at radius 2 is 1.86 bits per heavy atom. The van der Waals surface area contributed by atoms with Crippen LogP contribution in [0.3, 0.4) is 0 Å². The van der Waals surface area contributed by atoms with E-state index in [4.69, 9.17) is 16.3 Å². The van der Waals surface area contributed by atoms with Gasteiger partial charge >= 0.3 is 0 Å². The third-order valence-electron chi connectivity index (χ3n) is 2.62. The summed E-state index contributed by atoms with van der Waals surface area (Å²) in [6.07, 6.45) is 0. The van der Waals surface area contributed by atoms with Crippen LogP contribution in [0.4, 0.5) is 10.1 Å². The van der Waals surface area contributed by atoms with E-state index in [1.165, 1.54) is 36.4 Å². The number of sulfonamides is 1. The Hall–Kier alpha value is -1.79. The largest absolute Gasteiger partial charge is 0.494 e. The van der Waals surface area contributed by atoms with Crippen LogP contribution in [0.2, 0.25) is 5.02 Å². The topological polar surface area (TPSA) is 55.4 Å². The number of hydrogen-bond acceptors (Lipinski definition) is 3. The Kier molecular flexibility index (Phi) is 4.69. The van der Waals surface area contributed by atoms with Gasteiger partial charge in [-0.25, -0.2) is 12.8 Å². The fraction of sp³-hybridized carbons (Fsp3) is 0.143. The second-order valence-corrected chi connectivity index (χ2v) is 6.25. The molecule has 2 aromatic carbocycles. The van der Waals surface area contributed by atoms with Crippen LogP contribution < -0.4 is 9.46 Å². The predicted molar refractivity (Wildman–Crippen MR) is 79.8 cm³/mol. The molecule has 0 aliphatic rings. The van der Waals surface area contributed by atoms with Gasteiger partial charge in [0, 0.05) is 5.02 Å². The van der Waals surface area contributed by atoms with Gasteiger partial charge in [0.1, 0.15) is 11.6 Å². The fourth-order valence-electron chi connectivity index (χ4n) is 1.66. The molecule has 0 saturated heterocycles. The molecule has 0 saturated carbocycles. The summed E-state index contributed by atoms with van der Waals surface area (Å²) in [5.74, 6) is -0.175. The van der Waals surface area contributed by atoms with Crippen molar-refractivity contribution in [3.63, 3.8) is 0 Å². The normalized spacial score (nSPS) is 11.2. The molecule has 0 aromatic heterocycles. The Morgan fingerprint density at radius 1 is 1.19 bits per heavy atom. The molecule has 4 nitrogen and oxygen atoms in total. The van der Waals surface area contributed by atoms with Crippen LogP contribution in [0.1, 0.15) is 6.92 Å². The summed E-state index contributed by atoms with van der Waals surface area (Å²) < 4.78 is 45.4. The predicted octanol–water partition coefficient (Wildman–Crippen LogP) is 3.68. The Balaban J connectivity index is 2.25. The number of anilines is 1. The van der Waals surface area contributed by atoms with Crippen LogP contribution in [-0.2, 0) is 10.0 Å². The first-order valence-electron chi connectivity index (χ1n) is 6.13. The van der Waals surface area contributed by atoms with Crippen LogP contribution in [0.25, 0.3) is 0 Å². The van der Waals surface area contributed by atoms with Gasteiger partial charge in [-0.1, -0.05) is 11.6 Å². The molecule has 1 N–H and O–H groups in total. The third kappa shape index (κ3) is 3.86. The van der Waals surface area contributed by atoms with Gasteiger partial charge in [-0.3, -0.25) is 4.72 Å². The summed E-state index contributed by atoms with van der Waals surface area (Å²) in [5, 5.41) is 0.191. The number of ether oxygens (including phenoxy) is 1. The van der Waals surface area contributed by atoms with E-state index in [-0.39, 0.29) is 15.6 Å². The molecule has 0 bridgehead atoms. The molecule has 21 heavy (non-hydrogen) atoms. The second-order valence-electron chi connectivity index (χ2n) is 4.13. The Labute approximate surface area is 127 Å². The first kappa shape index (κ1) is 15.6. The number of benzene rings is 2. The average Bonchev–Trinajstić information content (AvgIpc) is 2.43. The Morgan fingerprint density at radius 3 is 2.43 bits per heavy atom. The van der Waals surface area contributed by atoms with E-state index < -0.39 is 15.8 Å². The van der Waals surface area contributed by atoms with Gasteiger partial charge in [-0.15, -0.1) is 0 Å². The molecule has 7 heteroatoms. The molecular weight excluding hydrogens is 317 g/mol. The van der Waals surface area contributed by atoms with E-state index in [2.05, 4.69) is 4.72 Å². The van der Waals surface area contributed by atoms with E-state index in [0.29, 0.717) is 12.4 Å². The molecule has 112 valence electrons. The summed E-state index contributed by atoms with van der Waals surface area (Å²) in [4.78, 5) is 0.0142. The first-order chi connectivity index (χ1) is 9.92. The minimum absolute atomic E-state index is 0.0142. The standard InChI is InChI=1S/C14H13ClFNO3S/c1-2-20-11-4-6-12(7-5-11)21(18,19)17-14-8-3-10(15)9-13(14)16/h3-9,17H,2H2,1H3. The lowest BCUT2D eigenvalue weighted by Gasteiger charge is -2.10. The summed E-state index contributed by atoms with van der Waals surface area (Å²) in [6.45, 7) is 2.32. The molecular formula is C14H13ClFNO3S. The molecule has 0 spiro atoms. The monoisotopic (exact) mass is 329 g/mol. The molecule has 2 rings (SSSR count). The molecule has 0 amide bonds. The number of halogens is 2. The van der Waals surface area contributed by atoms with Crippen molar-refractivity contribution in [2.24, 2.45) is 0 Å². The summed E-state index contributed by atoms with van der Waals surface area (Å²) in [5.41, 5.74) is -0.159. The van der Waals surface area contributed by atoms with Crippen molar-refractivity contribution in [1.82, 2.24) is 0 Å². The van der Waals surface area contributed by atoms with E-state index in [1.807, 2.05) is 6.92 Å². The Bertz CT molecular complexity index is 732. The van der Waals surface area contributed by atoms with Crippen LogP contribution in [0.15, 0.2) is 47.4 Å². The third-order valence-corrected chi connectivity index (χ3v) is 4.24. The van der Waals surface area contributed by atoms with E-state index in [1.54, 1.807) is 0 Å². The van der Waals surface area contributed by atoms with Gasteiger partial charge in [0.25, 0.3) is 10.0 Å². The highest BCUT2D eigenvalue weighted by atomic mass is 35.5. The van der Waals surface area contributed by atoms with E-state index in [9.17, 15) is 12.8 Å². The zero-order valence-electron chi connectivity index (χ0n) is 11.1. The highest BCUT2D eigenvalue weighted by Crippen LogP contribution is 2.23. The van der Waals surface area contributed by atoms with Gasteiger partial charge in [-0.2, -0.15) is 0 Å². The number of hydrogen-bond donors (Lipinski definition) is 1. The van der Waals surface area contributed by atoms with E-state index >= 15 is 0 Å².